The second kappa shape index (κ2) is 5.64. The van der Waals surface area contributed by atoms with Gasteiger partial charge >= 0.3 is 0 Å². The highest BCUT2D eigenvalue weighted by atomic mass is 16.2. The van der Waals surface area contributed by atoms with Gasteiger partial charge in [-0.15, -0.1) is 0 Å². The largest absolute Gasteiger partial charge is 0.295 e. The molecule has 6 heteroatoms. The molecular formula is C14H14N2O4. The molecule has 0 saturated carbocycles. The molecule has 1 atom stereocenters. The van der Waals surface area contributed by atoms with Crippen LogP contribution in [-0.2, 0) is 14.4 Å². The standard InChI is InChI=1S/C14H14N2O4/c1-9(17)16(11-7-8-12(18)15-13(11)19)14(20)10-5-3-2-4-6-10/h2-6,11H,7-8H2,1H3,(H,15,18,19). The van der Waals surface area contributed by atoms with Crippen molar-refractivity contribution in [2.45, 2.75) is 25.8 Å². The van der Waals surface area contributed by atoms with Crippen molar-refractivity contribution in [1.82, 2.24) is 10.2 Å². The maximum Gasteiger partial charge on any atom is 0.261 e. The molecule has 1 fully saturated rings. The number of benzene rings is 1. The summed E-state index contributed by atoms with van der Waals surface area (Å²) in [6.45, 7) is 1.23. The number of hydrogen-bond acceptors (Lipinski definition) is 4. The highest BCUT2D eigenvalue weighted by Crippen LogP contribution is 2.16. The van der Waals surface area contributed by atoms with Crippen LogP contribution in [0.15, 0.2) is 30.3 Å². The number of amides is 4. The van der Waals surface area contributed by atoms with E-state index in [-0.39, 0.29) is 18.7 Å². The van der Waals surface area contributed by atoms with E-state index in [1.54, 1.807) is 30.3 Å². The summed E-state index contributed by atoms with van der Waals surface area (Å²) >= 11 is 0. The van der Waals surface area contributed by atoms with E-state index < -0.39 is 23.8 Å². The SMILES string of the molecule is CC(=O)N(C(=O)c1ccccc1)C1CCC(=O)NC1=O. The zero-order valence-electron chi connectivity index (χ0n) is 11.0. The Hall–Kier alpha value is -2.50. The molecule has 4 amide bonds. The van der Waals surface area contributed by atoms with Crippen LogP contribution >= 0.6 is 0 Å². The predicted octanol–water partition coefficient (Wildman–Crippen LogP) is 0.480. The molecule has 0 bridgehead atoms. The van der Waals surface area contributed by atoms with E-state index in [1.165, 1.54) is 6.92 Å². The van der Waals surface area contributed by atoms with E-state index in [2.05, 4.69) is 5.32 Å². The number of nitrogens with one attached hydrogen (secondary N) is 1. The van der Waals surface area contributed by atoms with Crippen LogP contribution in [0.2, 0.25) is 0 Å². The van der Waals surface area contributed by atoms with Crippen LogP contribution in [0.25, 0.3) is 0 Å². The second-order valence-electron chi connectivity index (χ2n) is 4.53. The van der Waals surface area contributed by atoms with Crippen molar-refractivity contribution in [3.05, 3.63) is 35.9 Å². The molecule has 1 saturated heterocycles. The highest BCUT2D eigenvalue weighted by Gasteiger charge is 2.37. The third-order valence-electron chi connectivity index (χ3n) is 3.10. The summed E-state index contributed by atoms with van der Waals surface area (Å²) in [6.07, 6.45) is 0.269. The number of rotatable bonds is 2. The van der Waals surface area contributed by atoms with Crippen LogP contribution in [0.5, 0.6) is 0 Å². The van der Waals surface area contributed by atoms with Crippen molar-refractivity contribution in [1.29, 1.82) is 0 Å². The zero-order valence-corrected chi connectivity index (χ0v) is 11.0. The van der Waals surface area contributed by atoms with E-state index in [0.717, 1.165) is 4.90 Å². The Kier molecular flexibility index (Phi) is 3.93. The minimum Gasteiger partial charge on any atom is -0.295 e. The van der Waals surface area contributed by atoms with Crippen molar-refractivity contribution < 1.29 is 19.2 Å². The van der Waals surface area contributed by atoms with Crippen LogP contribution in [0.4, 0.5) is 0 Å². The molecule has 1 aromatic carbocycles. The Morgan fingerprint density at radius 2 is 1.85 bits per heavy atom. The number of carbonyl (C=O) groups is 4. The average molecular weight is 274 g/mol. The van der Waals surface area contributed by atoms with Crippen LogP contribution < -0.4 is 5.32 Å². The molecule has 104 valence electrons. The maximum absolute atomic E-state index is 12.4. The van der Waals surface area contributed by atoms with Gasteiger partial charge in [0.25, 0.3) is 5.91 Å². The van der Waals surface area contributed by atoms with Crippen LogP contribution in [0.1, 0.15) is 30.1 Å². The lowest BCUT2D eigenvalue weighted by atomic mass is 10.0. The van der Waals surface area contributed by atoms with E-state index in [9.17, 15) is 19.2 Å². The van der Waals surface area contributed by atoms with Crippen LogP contribution in [0.3, 0.4) is 0 Å². The first kappa shape index (κ1) is 13.9. The van der Waals surface area contributed by atoms with Crippen molar-refractivity contribution >= 4 is 23.6 Å². The summed E-state index contributed by atoms with van der Waals surface area (Å²) < 4.78 is 0. The Morgan fingerprint density at radius 1 is 1.20 bits per heavy atom. The third-order valence-corrected chi connectivity index (χ3v) is 3.10. The molecule has 1 aliphatic heterocycles. The average Bonchev–Trinajstić information content (AvgIpc) is 2.42. The Bertz CT molecular complexity index is 568. The van der Waals surface area contributed by atoms with Crippen molar-refractivity contribution in [2.75, 3.05) is 0 Å². The first-order chi connectivity index (χ1) is 9.50. The van der Waals surface area contributed by atoms with Gasteiger partial charge in [0.2, 0.25) is 17.7 Å². The van der Waals surface area contributed by atoms with E-state index >= 15 is 0 Å². The molecule has 0 spiro atoms. The smallest absolute Gasteiger partial charge is 0.261 e. The Balaban J connectivity index is 2.28. The number of nitrogens with zero attached hydrogens (tertiary/aromatic N) is 1. The monoisotopic (exact) mass is 274 g/mol. The van der Waals surface area contributed by atoms with Crippen LogP contribution in [-0.4, -0.2) is 34.6 Å². The van der Waals surface area contributed by atoms with Crippen molar-refractivity contribution in [2.24, 2.45) is 0 Å². The van der Waals surface area contributed by atoms with E-state index in [0.29, 0.717) is 5.56 Å². The van der Waals surface area contributed by atoms with Gasteiger partial charge in [-0.05, 0) is 18.6 Å². The fourth-order valence-corrected chi connectivity index (χ4v) is 2.15. The molecule has 0 aromatic heterocycles. The molecule has 0 radical (unpaired) electrons. The normalized spacial score (nSPS) is 18.4. The lowest BCUT2D eigenvalue weighted by Crippen LogP contribution is -2.55. The number of hydrogen-bond donors (Lipinski definition) is 1. The van der Waals surface area contributed by atoms with Gasteiger partial charge in [0.1, 0.15) is 6.04 Å². The fourth-order valence-electron chi connectivity index (χ4n) is 2.15. The summed E-state index contributed by atoms with van der Waals surface area (Å²) in [5.74, 6) is -2.05. The lowest BCUT2D eigenvalue weighted by Gasteiger charge is -2.30. The first-order valence-corrected chi connectivity index (χ1v) is 6.23. The van der Waals surface area contributed by atoms with Gasteiger partial charge in [-0.2, -0.15) is 0 Å². The molecule has 0 aliphatic carbocycles. The number of carbonyl (C=O) groups excluding carboxylic acids is 4. The molecule has 1 unspecified atom stereocenters. The molecule has 6 nitrogen and oxygen atoms in total. The molecule has 1 aliphatic rings. The van der Waals surface area contributed by atoms with Gasteiger partial charge in [0.05, 0.1) is 0 Å². The highest BCUT2D eigenvalue weighted by molar-refractivity contribution is 6.09. The summed E-state index contributed by atoms with van der Waals surface area (Å²) in [6, 6.07) is 7.32. The Morgan fingerprint density at radius 3 is 2.40 bits per heavy atom. The Labute approximate surface area is 115 Å². The molecule has 2 rings (SSSR count). The van der Waals surface area contributed by atoms with E-state index in [1.807, 2.05) is 0 Å². The molecule has 1 aromatic rings. The topological polar surface area (TPSA) is 83.6 Å². The van der Waals surface area contributed by atoms with Gasteiger partial charge in [-0.1, -0.05) is 18.2 Å². The van der Waals surface area contributed by atoms with E-state index in [4.69, 9.17) is 0 Å². The van der Waals surface area contributed by atoms with Crippen LogP contribution in [0, 0.1) is 0 Å². The molecule has 1 heterocycles. The zero-order chi connectivity index (χ0) is 14.7. The fraction of sp³-hybridized carbons (Fsp3) is 0.286. The quantitative estimate of drug-likeness (QED) is 0.795. The summed E-state index contributed by atoms with van der Waals surface area (Å²) in [5, 5.41) is 2.15. The van der Waals surface area contributed by atoms with Gasteiger partial charge in [-0.3, -0.25) is 29.4 Å². The second-order valence-corrected chi connectivity index (χ2v) is 4.53. The molecular weight excluding hydrogens is 260 g/mol. The minimum atomic E-state index is -0.932. The summed E-state index contributed by atoms with van der Waals surface area (Å²) in [4.78, 5) is 47.9. The molecule has 1 N–H and O–H groups in total. The van der Waals surface area contributed by atoms with Crippen molar-refractivity contribution in [3.8, 4) is 0 Å². The number of imide groups is 2. The number of piperidine rings is 1. The van der Waals surface area contributed by atoms with Gasteiger partial charge in [0, 0.05) is 18.9 Å². The minimum absolute atomic E-state index is 0.113. The predicted molar refractivity (Wildman–Crippen MR) is 69.5 cm³/mol. The van der Waals surface area contributed by atoms with Gasteiger partial charge in [-0.25, -0.2) is 0 Å². The lowest BCUT2D eigenvalue weighted by molar-refractivity contribution is -0.142. The van der Waals surface area contributed by atoms with Gasteiger partial charge < -0.3 is 0 Å². The van der Waals surface area contributed by atoms with Gasteiger partial charge in [0.15, 0.2) is 0 Å². The maximum atomic E-state index is 12.4. The third kappa shape index (κ3) is 2.74. The summed E-state index contributed by atoms with van der Waals surface area (Å²) in [7, 11) is 0. The van der Waals surface area contributed by atoms with Crippen molar-refractivity contribution in [3.63, 3.8) is 0 Å². The summed E-state index contributed by atoms with van der Waals surface area (Å²) in [5.41, 5.74) is 0.326. The molecule has 20 heavy (non-hydrogen) atoms. The first-order valence-electron chi connectivity index (χ1n) is 6.23.